The number of nitrogens with zero attached hydrogens (tertiary/aromatic N) is 4. The van der Waals surface area contributed by atoms with E-state index in [2.05, 4.69) is 20.0 Å². The zero-order valence-electron chi connectivity index (χ0n) is 11.7. The van der Waals surface area contributed by atoms with Crippen molar-refractivity contribution in [2.45, 2.75) is 13.0 Å². The molecule has 22 heavy (non-hydrogen) atoms. The molecule has 0 saturated heterocycles. The van der Waals surface area contributed by atoms with Gasteiger partial charge in [-0.1, -0.05) is 5.16 Å². The van der Waals surface area contributed by atoms with Crippen LogP contribution in [0.4, 0.5) is 10.3 Å². The van der Waals surface area contributed by atoms with Crippen molar-refractivity contribution in [2.24, 2.45) is 0 Å². The number of aromatic nitrogens is 3. The molecule has 2 aromatic heterocycles. The minimum Gasteiger partial charge on any atom is -0.356 e. The molecule has 4 rings (SSSR count). The number of anilines is 1. The quantitative estimate of drug-likeness (QED) is 0.728. The largest absolute Gasteiger partial charge is 0.356 e. The fraction of sp³-hybridized carbons (Fsp3) is 0.188. The van der Waals surface area contributed by atoms with Crippen molar-refractivity contribution in [3.63, 3.8) is 0 Å². The number of fused-ring (bicyclic) bond motifs is 1. The monoisotopic (exact) mass is 296 g/mol. The van der Waals surface area contributed by atoms with Crippen molar-refractivity contribution in [2.75, 3.05) is 11.4 Å². The molecule has 0 radical (unpaired) electrons. The average Bonchev–Trinajstić information content (AvgIpc) is 2.99. The first-order valence-electron chi connectivity index (χ1n) is 7.06. The van der Waals surface area contributed by atoms with Crippen LogP contribution >= 0.6 is 0 Å². The van der Waals surface area contributed by atoms with Gasteiger partial charge in [0.25, 0.3) is 0 Å². The summed E-state index contributed by atoms with van der Waals surface area (Å²) in [6, 6.07) is 8.07. The molecule has 0 unspecified atom stereocenters. The van der Waals surface area contributed by atoms with Gasteiger partial charge in [-0.15, -0.1) is 0 Å². The van der Waals surface area contributed by atoms with Gasteiger partial charge in [0, 0.05) is 30.1 Å². The summed E-state index contributed by atoms with van der Waals surface area (Å²) in [6.07, 6.45) is 4.25. The van der Waals surface area contributed by atoms with Gasteiger partial charge in [-0.25, -0.2) is 14.4 Å². The maximum absolute atomic E-state index is 13.0. The molecule has 0 bridgehead atoms. The third-order valence-electron chi connectivity index (χ3n) is 3.78. The van der Waals surface area contributed by atoms with E-state index >= 15 is 0 Å². The van der Waals surface area contributed by atoms with Crippen LogP contribution in [0.1, 0.15) is 11.3 Å². The van der Waals surface area contributed by atoms with Crippen molar-refractivity contribution >= 4 is 5.95 Å². The van der Waals surface area contributed by atoms with Crippen LogP contribution in [0.15, 0.2) is 47.2 Å². The van der Waals surface area contributed by atoms with Crippen molar-refractivity contribution < 1.29 is 8.91 Å². The van der Waals surface area contributed by atoms with Gasteiger partial charge >= 0.3 is 0 Å². The van der Waals surface area contributed by atoms with Crippen molar-refractivity contribution in [3.8, 4) is 11.3 Å². The molecular weight excluding hydrogens is 283 g/mol. The van der Waals surface area contributed by atoms with Crippen LogP contribution in [0.25, 0.3) is 11.3 Å². The highest BCUT2D eigenvalue weighted by Gasteiger charge is 2.25. The van der Waals surface area contributed by atoms with Crippen molar-refractivity contribution in [1.82, 2.24) is 15.1 Å². The predicted octanol–water partition coefficient (Wildman–Crippen LogP) is 2.83. The Morgan fingerprint density at radius 1 is 1.09 bits per heavy atom. The van der Waals surface area contributed by atoms with Crippen LogP contribution in [-0.4, -0.2) is 21.7 Å². The Labute approximate surface area is 126 Å². The summed E-state index contributed by atoms with van der Waals surface area (Å²) >= 11 is 0. The summed E-state index contributed by atoms with van der Waals surface area (Å²) in [6.45, 7) is 1.41. The van der Waals surface area contributed by atoms with E-state index in [1.165, 1.54) is 12.1 Å². The molecule has 1 aliphatic heterocycles. The predicted molar refractivity (Wildman–Crippen MR) is 78.7 cm³/mol. The fourth-order valence-corrected chi connectivity index (χ4v) is 2.68. The third-order valence-corrected chi connectivity index (χ3v) is 3.78. The van der Waals surface area contributed by atoms with Crippen LogP contribution < -0.4 is 4.90 Å². The summed E-state index contributed by atoms with van der Waals surface area (Å²) in [4.78, 5) is 10.6. The fourth-order valence-electron chi connectivity index (χ4n) is 2.68. The number of hydrogen-bond donors (Lipinski definition) is 0. The SMILES string of the molecule is Fc1ccc(-c2onc3c2CCN(c2ncccn2)C3)cc1. The highest BCUT2D eigenvalue weighted by atomic mass is 19.1. The molecule has 0 spiro atoms. The lowest BCUT2D eigenvalue weighted by molar-refractivity contribution is 0.423. The summed E-state index contributed by atoms with van der Waals surface area (Å²) in [5.74, 6) is 1.16. The first kappa shape index (κ1) is 12.9. The summed E-state index contributed by atoms with van der Waals surface area (Å²) < 4.78 is 18.5. The van der Waals surface area contributed by atoms with E-state index in [4.69, 9.17) is 4.52 Å². The Morgan fingerprint density at radius 2 is 1.86 bits per heavy atom. The zero-order chi connectivity index (χ0) is 14.9. The lowest BCUT2D eigenvalue weighted by Gasteiger charge is -2.25. The Balaban J connectivity index is 1.64. The van der Waals surface area contributed by atoms with Gasteiger partial charge in [0.15, 0.2) is 5.76 Å². The minimum absolute atomic E-state index is 0.260. The smallest absolute Gasteiger partial charge is 0.225 e. The molecule has 1 aromatic carbocycles. The average molecular weight is 296 g/mol. The highest BCUT2D eigenvalue weighted by molar-refractivity contribution is 5.63. The second-order valence-electron chi connectivity index (χ2n) is 5.16. The first-order valence-corrected chi connectivity index (χ1v) is 7.06. The van der Waals surface area contributed by atoms with E-state index < -0.39 is 0 Å². The third kappa shape index (κ3) is 2.22. The van der Waals surface area contributed by atoms with Gasteiger partial charge in [0.05, 0.1) is 6.54 Å². The van der Waals surface area contributed by atoms with Crippen LogP contribution in [0.2, 0.25) is 0 Å². The van der Waals surface area contributed by atoms with Gasteiger partial charge in [0.2, 0.25) is 5.95 Å². The number of benzene rings is 1. The van der Waals surface area contributed by atoms with Crippen LogP contribution in [-0.2, 0) is 13.0 Å². The van der Waals surface area contributed by atoms with Gasteiger partial charge in [-0.05, 0) is 36.8 Å². The minimum atomic E-state index is -0.260. The summed E-state index contributed by atoms with van der Waals surface area (Å²) in [5.41, 5.74) is 2.82. The van der Waals surface area contributed by atoms with Crippen LogP contribution in [0.5, 0.6) is 0 Å². The first-order chi connectivity index (χ1) is 10.8. The maximum atomic E-state index is 13.0. The maximum Gasteiger partial charge on any atom is 0.225 e. The second-order valence-corrected chi connectivity index (χ2v) is 5.16. The molecule has 6 heteroatoms. The normalized spacial score (nSPS) is 14.0. The molecule has 0 aliphatic carbocycles. The van der Waals surface area contributed by atoms with Gasteiger partial charge in [-0.3, -0.25) is 0 Å². The number of halogens is 1. The standard InChI is InChI=1S/C16H13FN4O/c17-12-4-2-11(3-5-12)15-13-6-9-21(10-14(13)20-22-15)16-18-7-1-8-19-16/h1-5,7-8H,6,9-10H2. The number of rotatable bonds is 2. The van der Waals surface area contributed by atoms with Gasteiger partial charge in [0.1, 0.15) is 11.5 Å². The van der Waals surface area contributed by atoms with Gasteiger partial charge < -0.3 is 9.42 Å². The zero-order valence-corrected chi connectivity index (χ0v) is 11.7. The summed E-state index contributed by atoms with van der Waals surface area (Å²) in [7, 11) is 0. The Hall–Kier alpha value is -2.76. The molecule has 0 amide bonds. The van der Waals surface area contributed by atoms with E-state index in [0.29, 0.717) is 12.5 Å². The molecule has 3 heterocycles. The lowest BCUT2D eigenvalue weighted by atomic mass is 10.0. The van der Waals surface area contributed by atoms with E-state index in [1.807, 2.05) is 0 Å². The molecule has 0 fully saturated rings. The lowest BCUT2D eigenvalue weighted by Crippen LogP contribution is -2.31. The Kier molecular flexibility index (Phi) is 3.07. The second kappa shape index (κ2) is 5.22. The Morgan fingerprint density at radius 3 is 2.64 bits per heavy atom. The molecule has 0 atom stereocenters. The van der Waals surface area contributed by atoms with Crippen LogP contribution in [0, 0.1) is 5.82 Å². The van der Waals surface area contributed by atoms with Crippen molar-refractivity contribution in [3.05, 3.63) is 59.8 Å². The molecule has 0 N–H and O–H groups in total. The van der Waals surface area contributed by atoms with E-state index in [0.717, 1.165) is 35.5 Å². The molecule has 3 aromatic rings. The van der Waals surface area contributed by atoms with E-state index in [-0.39, 0.29) is 5.82 Å². The number of hydrogen-bond acceptors (Lipinski definition) is 5. The molecule has 5 nitrogen and oxygen atoms in total. The van der Waals surface area contributed by atoms with Gasteiger partial charge in [-0.2, -0.15) is 0 Å². The topological polar surface area (TPSA) is 55.1 Å². The van der Waals surface area contributed by atoms with Crippen LogP contribution in [0.3, 0.4) is 0 Å². The van der Waals surface area contributed by atoms with Crippen molar-refractivity contribution in [1.29, 1.82) is 0 Å². The Bertz CT molecular complexity index is 786. The molecular formula is C16H13FN4O. The summed E-state index contributed by atoms with van der Waals surface area (Å²) in [5, 5.41) is 4.17. The highest BCUT2D eigenvalue weighted by Crippen LogP contribution is 2.31. The van der Waals surface area contributed by atoms with E-state index in [9.17, 15) is 4.39 Å². The van der Waals surface area contributed by atoms with E-state index in [1.54, 1.807) is 30.6 Å². The molecule has 110 valence electrons. The molecule has 1 aliphatic rings. The molecule has 0 saturated carbocycles.